The van der Waals surface area contributed by atoms with E-state index < -0.39 is 33.7 Å². The molecule has 31 heavy (non-hydrogen) atoms. The quantitative estimate of drug-likeness (QED) is 0.0943. The molecule has 0 rings (SSSR count). The minimum atomic E-state index is -4.96. The minimum absolute atomic E-state index is 0. The molecule has 0 aliphatic heterocycles. The van der Waals surface area contributed by atoms with Gasteiger partial charge in [0.1, 0.15) is 10.1 Å². The predicted molar refractivity (Wildman–Crippen MR) is 118 cm³/mol. The van der Waals surface area contributed by atoms with Crippen LogP contribution in [0.5, 0.6) is 0 Å². The zero-order valence-electron chi connectivity index (χ0n) is 19.5. The Kier molecular flexibility index (Phi) is 22.7. The van der Waals surface area contributed by atoms with Crippen LogP contribution in [-0.2, 0) is 24.4 Å². The molecule has 0 aromatic heterocycles. The van der Waals surface area contributed by atoms with Crippen LogP contribution in [0.15, 0.2) is 12.2 Å². The molecule has 1 unspecified atom stereocenters. The molecular formula is C22H40NNaO6S. The van der Waals surface area contributed by atoms with E-state index in [4.69, 9.17) is 10.5 Å². The minimum Gasteiger partial charge on any atom is -0.747 e. The average Bonchev–Trinajstić information content (AvgIpc) is 2.67. The molecule has 7 nitrogen and oxygen atoms in total. The summed E-state index contributed by atoms with van der Waals surface area (Å²) < 4.78 is 37.9. The third kappa shape index (κ3) is 21.2. The largest absolute Gasteiger partial charge is 1.00 e. The maximum atomic E-state index is 11.7. The molecule has 1 amide bonds. The van der Waals surface area contributed by atoms with Crippen LogP contribution >= 0.6 is 0 Å². The van der Waals surface area contributed by atoms with Crippen molar-refractivity contribution in [2.24, 2.45) is 5.73 Å². The van der Waals surface area contributed by atoms with Crippen molar-refractivity contribution in [1.29, 1.82) is 0 Å². The summed E-state index contributed by atoms with van der Waals surface area (Å²) in [4.78, 5) is 22.5. The molecule has 0 saturated carbocycles. The topological polar surface area (TPSA) is 127 Å². The Balaban J connectivity index is 0. The van der Waals surface area contributed by atoms with Gasteiger partial charge in [0.15, 0.2) is 5.25 Å². The molecular weight excluding hydrogens is 429 g/mol. The van der Waals surface area contributed by atoms with Gasteiger partial charge in [0.05, 0.1) is 13.0 Å². The molecule has 0 aliphatic carbocycles. The number of unbranched alkanes of at least 4 members (excludes halogenated alkanes) is 12. The van der Waals surface area contributed by atoms with Crippen molar-refractivity contribution in [3.63, 3.8) is 0 Å². The fraction of sp³-hybridized carbons (Fsp3) is 0.818. The number of carbonyl (C=O) groups is 2. The molecule has 0 aromatic carbocycles. The van der Waals surface area contributed by atoms with Gasteiger partial charge in [0, 0.05) is 0 Å². The number of nitrogens with two attached hydrogens (primary N) is 1. The summed E-state index contributed by atoms with van der Waals surface area (Å²) in [5, 5.41) is -2.05. The van der Waals surface area contributed by atoms with Gasteiger partial charge < -0.3 is 15.0 Å². The fourth-order valence-corrected chi connectivity index (χ4v) is 3.77. The van der Waals surface area contributed by atoms with Gasteiger partial charge in [-0.05, 0) is 32.1 Å². The van der Waals surface area contributed by atoms with Crippen molar-refractivity contribution in [2.45, 2.75) is 108 Å². The van der Waals surface area contributed by atoms with Gasteiger partial charge in [-0.25, -0.2) is 8.42 Å². The smallest absolute Gasteiger partial charge is 0.747 e. The SMILES string of the molecule is CCCCCCCC/C=C\CCCCCCCCOC(=O)C(CC(N)=O)S(=O)(=O)[O-].[Na+]. The molecule has 0 aliphatic rings. The normalized spacial score (nSPS) is 12.5. The van der Waals surface area contributed by atoms with Gasteiger partial charge in [-0.3, -0.25) is 9.59 Å². The summed E-state index contributed by atoms with van der Waals surface area (Å²) in [5.41, 5.74) is 4.87. The zero-order valence-corrected chi connectivity index (χ0v) is 22.3. The second-order valence-electron chi connectivity index (χ2n) is 7.76. The van der Waals surface area contributed by atoms with Crippen LogP contribution in [-0.4, -0.2) is 36.7 Å². The zero-order chi connectivity index (χ0) is 22.7. The third-order valence-corrected chi connectivity index (χ3v) is 5.95. The number of rotatable bonds is 20. The Morgan fingerprint density at radius 3 is 1.77 bits per heavy atom. The number of allylic oxidation sites excluding steroid dienone is 2. The summed E-state index contributed by atoms with van der Waals surface area (Å²) in [6, 6.07) is 0. The third-order valence-electron chi connectivity index (χ3n) is 4.90. The molecule has 2 N–H and O–H groups in total. The van der Waals surface area contributed by atoms with Crippen LogP contribution in [0, 0.1) is 0 Å². The van der Waals surface area contributed by atoms with Crippen LogP contribution in [0.4, 0.5) is 0 Å². The van der Waals surface area contributed by atoms with E-state index in [9.17, 15) is 22.6 Å². The summed E-state index contributed by atoms with van der Waals surface area (Å²) in [6.07, 6.45) is 19.8. The van der Waals surface area contributed by atoms with Crippen LogP contribution in [0.3, 0.4) is 0 Å². The van der Waals surface area contributed by atoms with Crippen molar-refractivity contribution in [3.8, 4) is 0 Å². The Labute approximate surface area is 211 Å². The first-order chi connectivity index (χ1) is 14.3. The molecule has 0 fully saturated rings. The molecule has 0 aromatic rings. The van der Waals surface area contributed by atoms with E-state index in [2.05, 4.69) is 19.1 Å². The summed E-state index contributed by atoms with van der Waals surface area (Å²) in [5.74, 6) is -2.23. The molecule has 0 bridgehead atoms. The maximum Gasteiger partial charge on any atom is 1.00 e. The maximum absolute atomic E-state index is 11.7. The number of amides is 1. The Bertz CT molecular complexity index is 595. The van der Waals surface area contributed by atoms with Gasteiger partial charge in [0.2, 0.25) is 5.91 Å². The first kappa shape index (κ1) is 32.8. The Hall–Kier alpha value is -0.410. The Morgan fingerprint density at radius 1 is 0.871 bits per heavy atom. The standard InChI is InChI=1S/C22H41NO6S.Na/c1-2-3-4-5-6-7-8-9-10-11-12-13-14-15-16-17-18-29-22(25)20(19-21(23)24)30(26,27)28;/h9-10,20H,2-8,11-19H2,1H3,(H2,23,24)(H,26,27,28);/q;+1/p-1/b10-9-;. The fourth-order valence-electron chi connectivity index (χ4n) is 3.10. The molecule has 1 atom stereocenters. The number of hydrogen-bond acceptors (Lipinski definition) is 6. The van der Waals surface area contributed by atoms with E-state index in [0.717, 1.165) is 38.5 Å². The van der Waals surface area contributed by atoms with Crippen LogP contribution < -0.4 is 35.3 Å². The van der Waals surface area contributed by atoms with Crippen LogP contribution in [0.2, 0.25) is 0 Å². The molecule has 0 heterocycles. The molecule has 176 valence electrons. The molecule has 0 saturated heterocycles. The van der Waals surface area contributed by atoms with Crippen molar-refractivity contribution in [2.75, 3.05) is 6.61 Å². The number of ether oxygens (including phenoxy) is 1. The van der Waals surface area contributed by atoms with Gasteiger partial charge in [-0.1, -0.05) is 76.9 Å². The number of primary amides is 1. The van der Waals surface area contributed by atoms with Crippen molar-refractivity contribution < 1.29 is 56.9 Å². The van der Waals surface area contributed by atoms with Crippen LogP contribution in [0.25, 0.3) is 0 Å². The first-order valence-corrected chi connectivity index (χ1v) is 12.8. The summed E-state index contributed by atoms with van der Waals surface area (Å²) >= 11 is 0. The monoisotopic (exact) mass is 469 g/mol. The molecule has 9 heteroatoms. The number of carbonyl (C=O) groups excluding carboxylic acids is 2. The van der Waals surface area contributed by atoms with Gasteiger partial charge in [-0.15, -0.1) is 0 Å². The van der Waals surface area contributed by atoms with Gasteiger partial charge >= 0.3 is 35.5 Å². The van der Waals surface area contributed by atoms with Crippen molar-refractivity contribution in [1.82, 2.24) is 0 Å². The van der Waals surface area contributed by atoms with E-state index in [1.807, 2.05) is 0 Å². The van der Waals surface area contributed by atoms with Crippen molar-refractivity contribution >= 4 is 22.0 Å². The predicted octanol–water partition coefficient (Wildman–Crippen LogP) is 1.36. The number of esters is 1. The number of hydrogen-bond donors (Lipinski definition) is 1. The van der Waals surface area contributed by atoms with E-state index >= 15 is 0 Å². The first-order valence-electron chi connectivity index (χ1n) is 11.3. The Morgan fingerprint density at radius 2 is 1.32 bits per heavy atom. The molecule has 0 spiro atoms. The van der Waals surface area contributed by atoms with E-state index in [1.54, 1.807) is 0 Å². The van der Waals surface area contributed by atoms with Gasteiger partial charge in [-0.2, -0.15) is 0 Å². The summed E-state index contributed by atoms with van der Waals surface area (Å²) in [6.45, 7) is 2.27. The summed E-state index contributed by atoms with van der Waals surface area (Å²) in [7, 11) is -4.96. The second kappa shape index (κ2) is 21.4. The average molecular weight is 470 g/mol. The van der Waals surface area contributed by atoms with E-state index in [1.165, 1.54) is 44.9 Å². The second-order valence-corrected chi connectivity index (χ2v) is 9.31. The van der Waals surface area contributed by atoms with E-state index in [0.29, 0.717) is 6.42 Å². The molecule has 0 radical (unpaired) electrons. The van der Waals surface area contributed by atoms with Crippen LogP contribution in [0.1, 0.15) is 103 Å². The van der Waals surface area contributed by atoms with E-state index in [-0.39, 0.29) is 36.2 Å². The van der Waals surface area contributed by atoms with Gasteiger partial charge in [0.25, 0.3) is 0 Å². The van der Waals surface area contributed by atoms with Crippen molar-refractivity contribution in [3.05, 3.63) is 12.2 Å².